The lowest BCUT2D eigenvalue weighted by Gasteiger charge is -1.99. The maximum atomic E-state index is 5.84. The zero-order chi connectivity index (χ0) is 7.56. The third-order valence-electron chi connectivity index (χ3n) is 1.24. The Balaban J connectivity index is 0.000001000. The summed E-state index contributed by atoms with van der Waals surface area (Å²) in [4.78, 5) is 0. The first-order chi connectivity index (χ1) is 4.74. The van der Waals surface area contributed by atoms with Crippen LogP contribution in [0, 0.1) is 3.57 Å². The summed E-state index contributed by atoms with van der Waals surface area (Å²) in [6, 6.07) is 5.85. The molecule has 0 atom stereocenters. The molecule has 1 aromatic carbocycles. The lowest BCUT2D eigenvalue weighted by atomic mass is 10.2. The fourth-order valence-corrected chi connectivity index (χ4v) is 1.62. The largest absolute Gasteiger partial charge is 0.326 e. The molecule has 0 radical (unpaired) electrons. The van der Waals surface area contributed by atoms with Crippen LogP contribution >= 0.6 is 46.6 Å². The number of halogens is 3. The monoisotopic (exact) mass is 303 g/mol. The van der Waals surface area contributed by atoms with Crippen molar-refractivity contribution in [1.82, 2.24) is 0 Å². The molecule has 1 nitrogen and oxygen atoms in total. The fourth-order valence-electron chi connectivity index (χ4n) is 0.687. The van der Waals surface area contributed by atoms with Crippen LogP contribution in [0.1, 0.15) is 5.56 Å². The second kappa shape index (κ2) is 5.19. The molecular formula is C7H8Cl2IN. The van der Waals surface area contributed by atoms with E-state index in [0.29, 0.717) is 6.54 Å². The lowest BCUT2D eigenvalue weighted by Crippen LogP contribution is -1.96. The van der Waals surface area contributed by atoms with E-state index in [0.717, 1.165) is 14.2 Å². The Morgan fingerprint density at radius 3 is 2.55 bits per heavy atom. The van der Waals surface area contributed by atoms with Crippen molar-refractivity contribution in [2.24, 2.45) is 5.73 Å². The van der Waals surface area contributed by atoms with Gasteiger partial charge in [0.25, 0.3) is 0 Å². The van der Waals surface area contributed by atoms with E-state index < -0.39 is 0 Å². The van der Waals surface area contributed by atoms with Gasteiger partial charge in [-0.25, -0.2) is 0 Å². The number of nitrogens with two attached hydrogens (primary N) is 1. The molecule has 0 aliphatic carbocycles. The van der Waals surface area contributed by atoms with Crippen molar-refractivity contribution in [2.45, 2.75) is 6.54 Å². The van der Waals surface area contributed by atoms with E-state index in [1.807, 2.05) is 18.2 Å². The molecule has 0 saturated heterocycles. The van der Waals surface area contributed by atoms with Crippen molar-refractivity contribution in [3.63, 3.8) is 0 Å². The predicted molar refractivity (Wildman–Crippen MR) is 59.3 cm³/mol. The highest BCUT2D eigenvalue weighted by molar-refractivity contribution is 14.1. The molecule has 0 aliphatic rings. The van der Waals surface area contributed by atoms with Crippen LogP contribution in [-0.4, -0.2) is 0 Å². The summed E-state index contributed by atoms with van der Waals surface area (Å²) in [6.45, 7) is 0.510. The van der Waals surface area contributed by atoms with Crippen molar-refractivity contribution in [2.75, 3.05) is 0 Å². The number of rotatable bonds is 1. The Morgan fingerprint density at radius 2 is 2.09 bits per heavy atom. The Morgan fingerprint density at radius 1 is 1.45 bits per heavy atom. The first-order valence-corrected chi connectivity index (χ1v) is 4.33. The van der Waals surface area contributed by atoms with Crippen LogP contribution < -0.4 is 5.73 Å². The van der Waals surface area contributed by atoms with Gasteiger partial charge in [0.2, 0.25) is 0 Å². The molecule has 0 fully saturated rings. The van der Waals surface area contributed by atoms with E-state index in [4.69, 9.17) is 17.3 Å². The van der Waals surface area contributed by atoms with Crippen molar-refractivity contribution in [3.05, 3.63) is 32.4 Å². The zero-order valence-electron chi connectivity index (χ0n) is 5.68. The summed E-state index contributed by atoms with van der Waals surface area (Å²) in [5.41, 5.74) is 6.42. The van der Waals surface area contributed by atoms with Gasteiger partial charge < -0.3 is 5.73 Å². The molecular weight excluding hydrogens is 296 g/mol. The molecule has 11 heavy (non-hydrogen) atoms. The first kappa shape index (κ1) is 11.5. The standard InChI is InChI=1S/C7H7ClIN.ClH/c8-7-3-6(9)2-1-5(7)4-10;/h1-3H,4,10H2;1H. The molecule has 0 heterocycles. The molecule has 62 valence electrons. The van der Waals surface area contributed by atoms with Crippen LogP contribution in [0.15, 0.2) is 18.2 Å². The molecule has 0 unspecified atom stereocenters. The average molecular weight is 304 g/mol. The minimum absolute atomic E-state index is 0. The van der Waals surface area contributed by atoms with E-state index in [1.54, 1.807) is 0 Å². The highest BCUT2D eigenvalue weighted by atomic mass is 127. The summed E-state index contributed by atoms with van der Waals surface area (Å²) < 4.78 is 1.14. The molecule has 0 aromatic heterocycles. The van der Waals surface area contributed by atoms with Gasteiger partial charge in [0, 0.05) is 15.1 Å². The number of hydrogen-bond acceptors (Lipinski definition) is 1. The Hall–Kier alpha value is 0.490. The smallest absolute Gasteiger partial charge is 0.0461 e. The number of benzene rings is 1. The maximum absolute atomic E-state index is 5.84. The van der Waals surface area contributed by atoms with Gasteiger partial charge in [-0.1, -0.05) is 17.7 Å². The van der Waals surface area contributed by atoms with Gasteiger partial charge >= 0.3 is 0 Å². The first-order valence-electron chi connectivity index (χ1n) is 2.88. The van der Waals surface area contributed by atoms with E-state index in [1.165, 1.54) is 0 Å². The average Bonchev–Trinajstić information content (AvgIpc) is 1.88. The van der Waals surface area contributed by atoms with E-state index in [-0.39, 0.29) is 12.4 Å². The van der Waals surface area contributed by atoms with Gasteiger partial charge in [-0.2, -0.15) is 0 Å². The summed E-state index contributed by atoms with van der Waals surface area (Å²) in [7, 11) is 0. The van der Waals surface area contributed by atoms with Crippen LogP contribution in [0.25, 0.3) is 0 Å². The van der Waals surface area contributed by atoms with Crippen molar-refractivity contribution in [1.29, 1.82) is 0 Å². The van der Waals surface area contributed by atoms with Crippen molar-refractivity contribution >= 4 is 46.6 Å². The quantitative estimate of drug-likeness (QED) is 0.793. The molecule has 4 heteroatoms. The van der Waals surface area contributed by atoms with Gasteiger partial charge in [-0.05, 0) is 40.3 Å². The van der Waals surface area contributed by atoms with Gasteiger partial charge in [0.15, 0.2) is 0 Å². The minimum Gasteiger partial charge on any atom is -0.326 e. The predicted octanol–water partition coefficient (Wildman–Crippen LogP) is 2.83. The molecule has 0 saturated carbocycles. The Labute approximate surface area is 90.9 Å². The summed E-state index contributed by atoms with van der Waals surface area (Å²) >= 11 is 8.06. The molecule has 0 aliphatic heterocycles. The SMILES string of the molecule is Cl.NCc1ccc(I)cc1Cl. The molecule has 2 N–H and O–H groups in total. The zero-order valence-corrected chi connectivity index (χ0v) is 9.41. The van der Waals surface area contributed by atoms with Crippen LogP contribution in [0.4, 0.5) is 0 Å². The lowest BCUT2D eigenvalue weighted by molar-refractivity contribution is 1.07. The van der Waals surface area contributed by atoms with Crippen molar-refractivity contribution in [3.8, 4) is 0 Å². The van der Waals surface area contributed by atoms with E-state index in [9.17, 15) is 0 Å². The molecule has 1 rings (SSSR count). The summed E-state index contributed by atoms with van der Waals surface area (Å²) in [6.07, 6.45) is 0. The molecule has 0 spiro atoms. The third kappa shape index (κ3) is 3.15. The van der Waals surface area contributed by atoms with Crippen molar-refractivity contribution < 1.29 is 0 Å². The third-order valence-corrected chi connectivity index (χ3v) is 2.26. The summed E-state index contributed by atoms with van der Waals surface area (Å²) in [5.74, 6) is 0. The van der Waals surface area contributed by atoms with Crippen LogP contribution in [-0.2, 0) is 6.54 Å². The van der Waals surface area contributed by atoms with Gasteiger partial charge in [-0.3, -0.25) is 0 Å². The van der Waals surface area contributed by atoms with Crippen LogP contribution in [0.5, 0.6) is 0 Å². The normalized spacial score (nSPS) is 9.00. The van der Waals surface area contributed by atoms with Gasteiger partial charge in [0.1, 0.15) is 0 Å². The Bertz CT molecular complexity index is 240. The topological polar surface area (TPSA) is 26.0 Å². The second-order valence-corrected chi connectivity index (χ2v) is 3.59. The minimum atomic E-state index is 0. The van der Waals surface area contributed by atoms with Gasteiger partial charge in [-0.15, -0.1) is 12.4 Å². The highest BCUT2D eigenvalue weighted by Crippen LogP contribution is 2.17. The van der Waals surface area contributed by atoms with E-state index in [2.05, 4.69) is 22.6 Å². The second-order valence-electron chi connectivity index (χ2n) is 1.94. The van der Waals surface area contributed by atoms with Crippen LogP contribution in [0.2, 0.25) is 5.02 Å². The van der Waals surface area contributed by atoms with Crippen LogP contribution in [0.3, 0.4) is 0 Å². The molecule has 1 aromatic rings. The fraction of sp³-hybridized carbons (Fsp3) is 0.143. The molecule has 0 amide bonds. The molecule has 0 bridgehead atoms. The van der Waals surface area contributed by atoms with Gasteiger partial charge in [0.05, 0.1) is 0 Å². The van der Waals surface area contributed by atoms with E-state index >= 15 is 0 Å². The maximum Gasteiger partial charge on any atom is 0.0461 e. The number of hydrogen-bond donors (Lipinski definition) is 1. The highest BCUT2D eigenvalue weighted by Gasteiger charge is 1.96. The summed E-state index contributed by atoms with van der Waals surface area (Å²) in [5, 5.41) is 0.759. The Kier molecular flexibility index (Phi) is 5.42.